The van der Waals surface area contributed by atoms with Crippen molar-refractivity contribution in [3.63, 3.8) is 0 Å². The van der Waals surface area contributed by atoms with Gasteiger partial charge in [0.1, 0.15) is 0 Å². The summed E-state index contributed by atoms with van der Waals surface area (Å²) in [7, 11) is 1.65. The fraction of sp³-hybridized carbons (Fsp3) is 0.615. The molecular formula is C13H20N2O2. The van der Waals surface area contributed by atoms with E-state index in [-0.39, 0.29) is 11.7 Å². The molecule has 0 aromatic carbocycles. The maximum atomic E-state index is 12.3. The summed E-state index contributed by atoms with van der Waals surface area (Å²) in [5, 5.41) is 8.07. The van der Waals surface area contributed by atoms with Crippen molar-refractivity contribution in [3.05, 3.63) is 23.0 Å². The number of hydrogen-bond acceptors (Lipinski definition) is 4. The van der Waals surface area contributed by atoms with E-state index in [1.165, 1.54) is 0 Å². The minimum atomic E-state index is -0.0381. The van der Waals surface area contributed by atoms with Gasteiger partial charge in [0.15, 0.2) is 5.78 Å². The first-order valence-corrected chi connectivity index (χ1v) is 5.96. The SMILES string of the molecule is CCc1nnc(C)cc1C(=O)C(C)CCOC. The van der Waals surface area contributed by atoms with Crippen molar-refractivity contribution in [1.29, 1.82) is 0 Å². The van der Waals surface area contributed by atoms with Crippen molar-refractivity contribution in [2.24, 2.45) is 5.92 Å². The second-order valence-electron chi connectivity index (χ2n) is 4.25. The highest BCUT2D eigenvalue weighted by atomic mass is 16.5. The van der Waals surface area contributed by atoms with Crippen LogP contribution in [0.5, 0.6) is 0 Å². The number of methoxy groups -OCH3 is 1. The van der Waals surface area contributed by atoms with Crippen molar-refractivity contribution < 1.29 is 9.53 Å². The smallest absolute Gasteiger partial charge is 0.167 e. The molecule has 1 heterocycles. The molecule has 0 radical (unpaired) electrons. The highest BCUT2D eigenvalue weighted by molar-refractivity contribution is 5.98. The van der Waals surface area contributed by atoms with Gasteiger partial charge < -0.3 is 4.74 Å². The number of aromatic nitrogens is 2. The predicted molar refractivity (Wildman–Crippen MR) is 66.1 cm³/mol. The molecule has 0 amide bonds. The molecule has 0 aliphatic rings. The summed E-state index contributed by atoms with van der Waals surface area (Å²) in [6, 6.07) is 1.83. The Hall–Kier alpha value is -1.29. The molecule has 1 atom stereocenters. The van der Waals surface area contributed by atoms with Crippen molar-refractivity contribution in [1.82, 2.24) is 10.2 Å². The second kappa shape index (κ2) is 6.45. The molecule has 4 heteroatoms. The van der Waals surface area contributed by atoms with E-state index in [0.717, 1.165) is 24.2 Å². The molecule has 0 N–H and O–H groups in total. The summed E-state index contributed by atoms with van der Waals surface area (Å²) in [5.41, 5.74) is 2.28. The van der Waals surface area contributed by atoms with Crippen LogP contribution in [0.2, 0.25) is 0 Å². The number of rotatable bonds is 6. The van der Waals surface area contributed by atoms with Crippen molar-refractivity contribution in [3.8, 4) is 0 Å². The van der Waals surface area contributed by atoms with E-state index in [0.29, 0.717) is 12.2 Å². The van der Waals surface area contributed by atoms with E-state index in [2.05, 4.69) is 10.2 Å². The average molecular weight is 236 g/mol. The van der Waals surface area contributed by atoms with Gasteiger partial charge in [-0.1, -0.05) is 13.8 Å². The van der Waals surface area contributed by atoms with Gasteiger partial charge in [-0.3, -0.25) is 4.79 Å². The lowest BCUT2D eigenvalue weighted by atomic mass is 9.95. The van der Waals surface area contributed by atoms with Gasteiger partial charge in [0.25, 0.3) is 0 Å². The highest BCUT2D eigenvalue weighted by Crippen LogP contribution is 2.16. The molecule has 94 valence electrons. The summed E-state index contributed by atoms with van der Waals surface area (Å²) >= 11 is 0. The number of nitrogens with zero attached hydrogens (tertiary/aromatic N) is 2. The third-order valence-electron chi connectivity index (χ3n) is 2.80. The Kier molecular flexibility index (Phi) is 5.22. The molecule has 4 nitrogen and oxygen atoms in total. The van der Waals surface area contributed by atoms with Gasteiger partial charge in [-0.15, -0.1) is 0 Å². The van der Waals surface area contributed by atoms with Crippen LogP contribution >= 0.6 is 0 Å². The normalized spacial score (nSPS) is 12.5. The van der Waals surface area contributed by atoms with Gasteiger partial charge in [-0.05, 0) is 25.8 Å². The van der Waals surface area contributed by atoms with E-state index in [9.17, 15) is 4.79 Å². The quantitative estimate of drug-likeness (QED) is 0.710. The van der Waals surface area contributed by atoms with Gasteiger partial charge in [-0.2, -0.15) is 10.2 Å². The molecular weight excluding hydrogens is 216 g/mol. The predicted octanol–water partition coefficient (Wildman–Crippen LogP) is 2.20. The zero-order valence-electron chi connectivity index (χ0n) is 11.0. The fourth-order valence-corrected chi connectivity index (χ4v) is 1.68. The van der Waals surface area contributed by atoms with Crippen LogP contribution < -0.4 is 0 Å². The molecule has 0 aliphatic carbocycles. The van der Waals surface area contributed by atoms with Crippen LogP contribution in [-0.2, 0) is 11.2 Å². The van der Waals surface area contributed by atoms with Gasteiger partial charge in [0.2, 0.25) is 0 Å². The second-order valence-corrected chi connectivity index (χ2v) is 4.25. The molecule has 1 rings (SSSR count). The lowest BCUT2D eigenvalue weighted by molar-refractivity contribution is 0.0892. The van der Waals surface area contributed by atoms with Crippen LogP contribution in [0.1, 0.15) is 42.0 Å². The average Bonchev–Trinajstić information content (AvgIpc) is 2.34. The minimum absolute atomic E-state index is 0.0381. The van der Waals surface area contributed by atoms with Gasteiger partial charge in [-0.25, -0.2) is 0 Å². The summed E-state index contributed by atoms with van der Waals surface area (Å²) in [4.78, 5) is 12.3. The molecule has 0 bridgehead atoms. The first-order valence-electron chi connectivity index (χ1n) is 5.96. The molecule has 0 saturated carbocycles. The zero-order valence-corrected chi connectivity index (χ0v) is 11.0. The van der Waals surface area contributed by atoms with Crippen molar-refractivity contribution >= 4 is 5.78 Å². The summed E-state index contributed by atoms with van der Waals surface area (Å²) in [6.07, 6.45) is 1.46. The van der Waals surface area contributed by atoms with Gasteiger partial charge in [0, 0.05) is 25.2 Å². The van der Waals surface area contributed by atoms with E-state index in [4.69, 9.17) is 4.74 Å². The Morgan fingerprint density at radius 3 is 2.76 bits per heavy atom. The van der Waals surface area contributed by atoms with Gasteiger partial charge >= 0.3 is 0 Å². The molecule has 0 aliphatic heterocycles. The molecule has 17 heavy (non-hydrogen) atoms. The van der Waals surface area contributed by atoms with Crippen molar-refractivity contribution in [2.45, 2.75) is 33.6 Å². The molecule has 1 aromatic rings. The standard InChI is InChI=1S/C13H20N2O2/c1-5-12-11(8-10(3)14-15-12)13(16)9(2)6-7-17-4/h8-9H,5-7H2,1-4H3. The Morgan fingerprint density at radius 2 is 2.18 bits per heavy atom. The summed E-state index contributed by atoms with van der Waals surface area (Å²) in [6.45, 7) is 6.36. The van der Waals surface area contributed by atoms with Crippen molar-refractivity contribution in [2.75, 3.05) is 13.7 Å². The van der Waals surface area contributed by atoms with Gasteiger partial charge in [0.05, 0.1) is 11.4 Å². The number of ketones is 1. The monoisotopic (exact) mass is 236 g/mol. The Bertz CT molecular complexity index is 391. The van der Waals surface area contributed by atoms with Crippen LogP contribution in [0.15, 0.2) is 6.07 Å². The number of hydrogen-bond donors (Lipinski definition) is 0. The molecule has 1 aromatic heterocycles. The lowest BCUT2D eigenvalue weighted by Gasteiger charge is -2.12. The van der Waals surface area contributed by atoms with Crippen LogP contribution in [0, 0.1) is 12.8 Å². The third kappa shape index (κ3) is 3.60. The number of carbonyl (C=O) groups excluding carboxylic acids is 1. The minimum Gasteiger partial charge on any atom is -0.385 e. The zero-order chi connectivity index (χ0) is 12.8. The number of carbonyl (C=O) groups is 1. The maximum Gasteiger partial charge on any atom is 0.167 e. The van der Waals surface area contributed by atoms with Crippen LogP contribution in [-0.4, -0.2) is 29.7 Å². The first kappa shape index (κ1) is 13.8. The Labute approximate surface area is 102 Å². The Balaban J connectivity index is 2.90. The topological polar surface area (TPSA) is 52.1 Å². The number of ether oxygens (including phenoxy) is 1. The van der Waals surface area contributed by atoms with E-state index < -0.39 is 0 Å². The van der Waals surface area contributed by atoms with E-state index in [1.807, 2.05) is 26.8 Å². The number of aryl methyl sites for hydroxylation is 2. The fourth-order valence-electron chi connectivity index (χ4n) is 1.68. The lowest BCUT2D eigenvalue weighted by Crippen LogP contribution is -2.17. The largest absolute Gasteiger partial charge is 0.385 e. The highest BCUT2D eigenvalue weighted by Gasteiger charge is 2.19. The first-order chi connectivity index (χ1) is 8.10. The molecule has 0 saturated heterocycles. The van der Waals surface area contributed by atoms with E-state index in [1.54, 1.807) is 7.11 Å². The summed E-state index contributed by atoms with van der Waals surface area (Å²) in [5.74, 6) is 0.0979. The van der Waals surface area contributed by atoms with Crippen LogP contribution in [0.3, 0.4) is 0 Å². The number of Topliss-reactive ketones (excluding diaryl/α,β-unsaturated/α-hetero) is 1. The van der Waals surface area contributed by atoms with Crippen LogP contribution in [0.4, 0.5) is 0 Å². The summed E-state index contributed by atoms with van der Waals surface area (Å²) < 4.78 is 5.00. The maximum absolute atomic E-state index is 12.3. The molecule has 0 fully saturated rings. The Morgan fingerprint density at radius 1 is 1.47 bits per heavy atom. The van der Waals surface area contributed by atoms with Crippen LogP contribution in [0.25, 0.3) is 0 Å². The molecule has 1 unspecified atom stereocenters. The third-order valence-corrected chi connectivity index (χ3v) is 2.80. The molecule has 0 spiro atoms. The van der Waals surface area contributed by atoms with E-state index >= 15 is 0 Å².